The molecule has 0 aliphatic carbocycles. The predicted molar refractivity (Wildman–Crippen MR) is 88.3 cm³/mol. The summed E-state index contributed by atoms with van der Waals surface area (Å²) in [6.07, 6.45) is 0. The van der Waals surface area contributed by atoms with Crippen LogP contribution in [-0.2, 0) is 14.6 Å². The molecule has 0 saturated carbocycles. The van der Waals surface area contributed by atoms with Gasteiger partial charge in [0.1, 0.15) is 5.75 Å². The summed E-state index contributed by atoms with van der Waals surface area (Å²) in [6, 6.07) is 6.36. The van der Waals surface area contributed by atoms with Crippen LogP contribution in [0.4, 0.5) is 13.2 Å². The van der Waals surface area contributed by atoms with E-state index in [1.165, 1.54) is 18.2 Å². The van der Waals surface area contributed by atoms with Gasteiger partial charge in [0, 0.05) is 21.2 Å². The summed E-state index contributed by atoms with van der Waals surface area (Å²) in [5.74, 6) is -1.33. The quantitative estimate of drug-likeness (QED) is 0.762. The summed E-state index contributed by atoms with van der Waals surface area (Å²) < 4.78 is 66.6. The van der Waals surface area contributed by atoms with Crippen molar-refractivity contribution >= 4 is 39.0 Å². The van der Waals surface area contributed by atoms with Gasteiger partial charge < -0.3 is 9.84 Å². The monoisotopic (exact) mass is 428 g/mol. The molecule has 0 aromatic heterocycles. The van der Waals surface area contributed by atoms with Crippen molar-refractivity contribution in [1.29, 1.82) is 0 Å². The molecule has 0 atom stereocenters. The van der Waals surface area contributed by atoms with Crippen molar-refractivity contribution in [2.75, 3.05) is 6.61 Å². The number of sulfone groups is 1. The fourth-order valence-corrected chi connectivity index (χ4v) is 3.17. The van der Waals surface area contributed by atoms with Crippen molar-refractivity contribution in [3.05, 3.63) is 46.4 Å². The van der Waals surface area contributed by atoms with E-state index in [0.29, 0.717) is 0 Å². The Morgan fingerprint density at radius 3 is 2.31 bits per heavy atom. The zero-order valence-electron chi connectivity index (χ0n) is 12.5. The van der Waals surface area contributed by atoms with Crippen LogP contribution < -0.4 is 4.74 Å². The predicted octanol–water partition coefficient (Wildman–Crippen LogP) is 4.42. The second kappa shape index (κ2) is 7.34. The van der Waals surface area contributed by atoms with E-state index in [-0.39, 0.29) is 26.9 Å². The van der Waals surface area contributed by atoms with Crippen molar-refractivity contribution < 1.29 is 36.2 Å². The average Bonchev–Trinajstić information content (AvgIpc) is 2.52. The zero-order chi connectivity index (χ0) is 19.7. The van der Waals surface area contributed by atoms with Crippen molar-refractivity contribution in [2.24, 2.45) is 0 Å². The maximum absolute atomic E-state index is 12.8. The highest BCUT2D eigenvalue weighted by Crippen LogP contribution is 2.40. The van der Waals surface area contributed by atoms with Gasteiger partial charge in [0.2, 0.25) is 0 Å². The highest BCUT2D eigenvalue weighted by Gasteiger charge is 2.47. The largest absolute Gasteiger partial charge is 0.501 e. The lowest BCUT2D eigenvalue weighted by atomic mass is 10.0. The molecule has 2 rings (SSSR count). The summed E-state index contributed by atoms with van der Waals surface area (Å²) in [4.78, 5) is 9.65. The molecule has 0 bridgehead atoms. The lowest BCUT2D eigenvalue weighted by molar-refractivity contribution is -0.139. The van der Waals surface area contributed by atoms with Crippen LogP contribution in [0.25, 0.3) is 11.1 Å². The number of carbonyl (C=O) groups is 1. The van der Waals surface area contributed by atoms with E-state index in [1.54, 1.807) is 0 Å². The average molecular weight is 429 g/mol. The van der Waals surface area contributed by atoms with Gasteiger partial charge in [-0.25, -0.2) is 13.2 Å². The van der Waals surface area contributed by atoms with Crippen LogP contribution in [0.3, 0.4) is 0 Å². The molecule has 0 fully saturated rings. The number of benzene rings is 2. The SMILES string of the molecule is O=C(O)COc1ccc(Cl)cc1-c1cc(S(=O)(=O)C(F)(F)F)ccc1Cl. The molecule has 2 aromatic rings. The summed E-state index contributed by atoms with van der Waals surface area (Å²) >= 11 is 11.9. The number of aliphatic carboxylic acids is 1. The highest BCUT2D eigenvalue weighted by molar-refractivity contribution is 7.92. The number of ether oxygens (including phenoxy) is 1. The highest BCUT2D eigenvalue weighted by atomic mass is 35.5. The molecule has 0 aliphatic rings. The van der Waals surface area contributed by atoms with Gasteiger partial charge in [-0.15, -0.1) is 0 Å². The Labute approximate surface area is 155 Å². The van der Waals surface area contributed by atoms with E-state index in [2.05, 4.69) is 0 Å². The van der Waals surface area contributed by atoms with E-state index in [4.69, 9.17) is 33.0 Å². The van der Waals surface area contributed by atoms with Crippen LogP contribution in [0.5, 0.6) is 5.75 Å². The van der Waals surface area contributed by atoms with Crippen molar-refractivity contribution in [3.63, 3.8) is 0 Å². The summed E-state index contributed by atoms with van der Waals surface area (Å²) in [7, 11) is -5.60. The number of halogens is 5. The van der Waals surface area contributed by atoms with Gasteiger partial charge in [-0.05, 0) is 36.4 Å². The Morgan fingerprint density at radius 1 is 1.08 bits per heavy atom. The molecule has 11 heteroatoms. The molecule has 0 aliphatic heterocycles. The van der Waals surface area contributed by atoms with E-state index in [1.807, 2.05) is 0 Å². The third-order valence-electron chi connectivity index (χ3n) is 3.14. The minimum absolute atomic E-state index is 0.0414. The molecule has 0 spiro atoms. The first-order valence-electron chi connectivity index (χ1n) is 6.69. The Hall–Kier alpha value is -1.97. The van der Waals surface area contributed by atoms with E-state index in [9.17, 15) is 26.4 Å². The number of hydrogen-bond acceptors (Lipinski definition) is 4. The molecule has 0 saturated heterocycles. The Bertz CT molecular complexity index is 958. The Morgan fingerprint density at radius 2 is 1.73 bits per heavy atom. The molecular formula is C15H9Cl2F3O5S. The maximum atomic E-state index is 12.8. The minimum Gasteiger partial charge on any atom is -0.481 e. The van der Waals surface area contributed by atoms with Crippen LogP contribution in [0.1, 0.15) is 0 Å². The fourth-order valence-electron chi connectivity index (χ4n) is 1.99. The van der Waals surface area contributed by atoms with Gasteiger partial charge in [-0.2, -0.15) is 13.2 Å². The van der Waals surface area contributed by atoms with E-state index < -0.39 is 32.8 Å². The molecule has 2 aromatic carbocycles. The molecule has 0 amide bonds. The standard InChI is InChI=1S/C15H9Cl2F3O5S/c16-8-1-4-13(25-7-14(21)22)11(5-8)10-6-9(2-3-12(10)17)26(23,24)15(18,19)20/h1-6H,7H2,(H,21,22). The summed E-state index contributed by atoms with van der Waals surface area (Å²) in [5, 5.41) is 8.78. The topological polar surface area (TPSA) is 80.7 Å². The molecule has 0 unspecified atom stereocenters. The molecule has 26 heavy (non-hydrogen) atoms. The van der Waals surface area contributed by atoms with Gasteiger partial charge in [0.05, 0.1) is 4.90 Å². The van der Waals surface area contributed by atoms with Gasteiger partial charge in [0.15, 0.2) is 6.61 Å². The number of carboxylic acids is 1. The van der Waals surface area contributed by atoms with Gasteiger partial charge in [0.25, 0.3) is 9.84 Å². The molecule has 0 radical (unpaired) electrons. The van der Waals surface area contributed by atoms with Crippen molar-refractivity contribution in [1.82, 2.24) is 0 Å². The fraction of sp³-hybridized carbons (Fsp3) is 0.133. The van der Waals surface area contributed by atoms with E-state index >= 15 is 0 Å². The maximum Gasteiger partial charge on any atom is 0.501 e. The van der Waals surface area contributed by atoms with Crippen LogP contribution in [0.15, 0.2) is 41.3 Å². The first-order chi connectivity index (χ1) is 11.9. The van der Waals surface area contributed by atoms with Crippen LogP contribution in [0, 0.1) is 0 Å². The summed E-state index contributed by atoms with van der Waals surface area (Å²) in [5.41, 5.74) is -5.56. The molecular weight excluding hydrogens is 420 g/mol. The second-order valence-corrected chi connectivity index (χ2v) is 7.70. The van der Waals surface area contributed by atoms with Crippen molar-refractivity contribution in [3.8, 4) is 16.9 Å². The van der Waals surface area contributed by atoms with Gasteiger partial charge >= 0.3 is 11.5 Å². The third-order valence-corrected chi connectivity index (χ3v) is 5.18. The van der Waals surface area contributed by atoms with Crippen molar-refractivity contribution in [2.45, 2.75) is 10.4 Å². The first-order valence-corrected chi connectivity index (χ1v) is 8.93. The number of rotatable bonds is 5. The minimum atomic E-state index is -5.60. The third kappa shape index (κ3) is 4.22. The Kier molecular flexibility index (Phi) is 5.74. The number of carboxylic acid groups (broad SMARTS) is 1. The molecule has 1 N–H and O–H groups in total. The smallest absolute Gasteiger partial charge is 0.481 e. The lowest BCUT2D eigenvalue weighted by Gasteiger charge is -2.14. The summed E-state index contributed by atoms with van der Waals surface area (Å²) in [6.45, 7) is -0.729. The van der Waals surface area contributed by atoms with Crippen LogP contribution in [0.2, 0.25) is 10.0 Å². The Balaban J connectivity index is 2.64. The van der Waals surface area contributed by atoms with Crippen LogP contribution in [-0.4, -0.2) is 31.6 Å². The number of hydrogen-bond donors (Lipinski definition) is 1. The number of alkyl halides is 3. The molecule has 5 nitrogen and oxygen atoms in total. The van der Waals surface area contributed by atoms with Gasteiger partial charge in [-0.3, -0.25) is 0 Å². The van der Waals surface area contributed by atoms with Gasteiger partial charge in [-0.1, -0.05) is 23.2 Å². The normalized spacial score (nSPS) is 12.0. The zero-order valence-corrected chi connectivity index (χ0v) is 14.9. The lowest BCUT2D eigenvalue weighted by Crippen LogP contribution is -2.23. The van der Waals surface area contributed by atoms with E-state index in [0.717, 1.165) is 18.2 Å². The second-order valence-electron chi connectivity index (χ2n) is 4.91. The first kappa shape index (κ1) is 20.3. The molecule has 140 valence electrons. The molecule has 0 heterocycles. The van der Waals surface area contributed by atoms with Crippen LogP contribution >= 0.6 is 23.2 Å².